The van der Waals surface area contributed by atoms with E-state index in [1.54, 1.807) is 20.8 Å². The smallest absolute Gasteiger partial charge is 0.456 e. The van der Waals surface area contributed by atoms with Crippen LogP contribution >= 0.6 is 0 Å². The normalized spacial score (nSPS) is 18.4. The van der Waals surface area contributed by atoms with Gasteiger partial charge < -0.3 is 13.7 Å². The van der Waals surface area contributed by atoms with E-state index in [-0.39, 0.29) is 17.5 Å². The Bertz CT molecular complexity index is 1140. The monoisotopic (exact) mass is 535 g/mol. The summed E-state index contributed by atoms with van der Waals surface area (Å²) in [5, 5.41) is 0. The first kappa shape index (κ1) is 27.8. The fourth-order valence-electron chi connectivity index (χ4n) is 4.20. The highest BCUT2D eigenvalue weighted by molar-refractivity contribution is 7.88. The van der Waals surface area contributed by atoms with E-state index in [0.717, 1.165) is 6.07 Å². The van der Waals surface area contributed by atoms with Gasteiger partial charge in [-0.05, 0) is 82.6 Å². The van der Waals surface area contributed by atoms with Crippen LogP contribution in [0.3, 0.4) is 0 Å². The molecular formula is C23H28F3NO8S. The largest absolute Gasteiger partial charge is 0.534 e. The van der Waals surface area contributed by atoms with Gasteiger partial charge in [0.1, 0.15) is 17.4 Å². The molecule has 0 aromatic heterocycles. The van der Waals surface area contributed by atoms with Gasteiger partial charge in [0.2, 0.25) is 5.78 Å². The van der Waals surface area contributed by atoms with Crippen LogP contribution in [0.5, 0.6) is 5.75 Å². The Labute approximate surface area is 207 Å². The fourth-order valence-corrected chi connectivity index (χ4v) is 4.69. The minimum Gasteiger partial charge on any atom is -0.456 e. The number of benzene rings is 1. The van der Waals surface area contributed by atoms with Crippen LogP contribution < -0.4 is 4.18 Å². The summed E-state index contributed by atoms with van der Waals surface area (Å²) in [6.07, 6.45) is 2.00. The van der Waals surface area contributed by atoms with E-state index in [1.807, 2.05) is 0 Å². The number of hydrogen-bond acceptors (Lipinski definition) is 8. The van der Waals surface area contributed by atoms with Gasteiger partial charge in [-0.3, -0.25) is 9.69 Å². The van der Waals surface area contributed by atoms with Crippen molar-refractivity contribution in [1.29, 1.82) is 0 Å². The topological polar surface area (TPSA) is 116 Å². The summed E-state index contributed by atoms with van der Waals surface area (Å²) >= 11 is 0. The summed E-state index contributed by atoms with van der Waals surface area (Å²) in [5.74, 6) is -1.85. The van der Waals surface area contributed by atoms with Crippen molar-refractivity contribution in [3.05, 3.63) is 28.8 Å². The predicted molar refractivity (Wildman–Crippen MR) is 120 cm³/mol. The number of Topliss-reactive ketones (excluding diaryl/α,β-unsaturated/α-hetero) is 1. The van der Waals surface area contributed by atoms with E-state index in [9.17, 15) is 36.0 Å². The van der Waals surface area contributed by atoms with E-state index >= 15 is 0 Å². The van der Waals surface area contributed by atoms with Gasteiger partial charge in [0.25, 0.3) is 0 Å². The lowest BCUT2D eigenvalue weighted by atomic mass is 9.86. The van der Waals surface area contributed by atoms with Gasteiger partial charge in [-0.15, -0.1) is 0 Å². The van der Waals surface area contributed by atoms with Crippen molar-refractivity contribution in [2.24, 2.45) is 0 Å². The second-order valence-electron chi connectivity index (χ2n) is 9.62. The Morgan fingerprint density at radius 2 is 1.67 bits per heavy atom. The van der Waals surface area contributed by atoms with Gasteiger partial charge in [-0.25, -0.2) is 9.59 Å². The zero-order valence-electron chi connectivity index (χ0n) is 20.1. The van der Waals surface area contributed by atoms with E-state index in [0.29, 0.717) is 44.2 Å². The summed E-state index contributed by atoms with van der Waals surface area (Å²) in [6, 6.07) is 1.28. The van der Waals surface area contributed by atoms with Gasteiger partial charge in [0, 0.05) is 12.1 Å². The molecule has 36 heavy (non-hydrogen) atoms. The second-order valence-corrected chi connectivity index (χ2v) is 11.2. The number of ketones is 1. The van der Waals surface area contributed by atoms with Gasteiger partial charge in [0.15, 0.2) is 6.61 Å². The Hall–Kier alpha value is -2.83. The average molecular weight is 536 g/mol. The van der Waals surface area contributed by atoms with Crippen LogP contribution in [-0.2, 0) is 37.2 Å². The van der Waals surface area contributed by atoms with Crippen molar-refractivity contribution >= 4 is 28.0 Å². The maximum absolute atomic E-state index is 12.9. The summed E-state index contributed by atoms with van der Waals surface area (Å²) in [7, 11) is -5.87. The number of halogens is 3. The molecule has 1 amide bonds. The predicted octanol–water partition coefficient (Wildman–Crippen LogP) is 3.92. The molecule has 0 N–H and O–H groups in total. The lowest BCUT2D eigenvalue weighted by molar-refractivity contribution is -0.147. The standard InChI is InChI=1S/C23H28F3NO8S/c1-22(2,3)34-21(30)27-12-6-9-17(27)20(29)33-13-18(28)15-10-11-19(16-8-5-4-7-14(15)16)35-36(31,32)23(24,25)26/h10-11,17H,4-9,12-13H2,1-3H3/t17-/m0/s1. The summed E-state index contributed by atoms with van der Waals surface area (Å²) in [6.45, 7) is 4.75. The molecule has 0 radical (unpaired) electrons. The van der Waals surface area contributed by atoms with Crippen LogP contribution in [0.1, 0.15) is 67.9 Å². The first-order valence-corrected chi connectivity index (χ1v) is 12.9. The molecule has 1 atom stereocenters. The molecule has 0 saturated carbocycles. The molecule has 1 aromatic carbocycles. The van der Waals surface area contributed by atoms with E-state index in [1.165, 1.54) is 11.0 Å². The maximum Gasteiger partial charge on any atom is 0.534 e. The van der Waals surface area contributed by atoms with Crippen LogP contribution in [0.4, 0.5) is 18.0 Å². The number of likely N-dealkylation sites (tertiary alicyclic amines) is 1. The van der Waals surface area contributed by atoms with Crippen molar-refractivity contribution in [2.75, 3.05) is 13.2 Å². The SMILES string of the molecule is CC(C)(C)OC(=O)N1CCC[C@H]1C(=O)OCC(=O)c1ccc(OS(=O)(=O)C(F)(F)F)c2c1CCCC2. The summed E-state index contributed by atoms with van der Waals surface area (Å²) in [4.78, 5) is 39.2. The molecule has 1 aliphatic heterocycles. The van der Waals surface area contributed by atoms with Gasteiger partial charge in [-0.1, -0.05) is 0 Å². The number of hydrogen-bond donors (Lipinski definition) is 0. The number of ether oxygens (including phenoxy) is 2. The first-order valence-electron chi connectivity index (χ1n) is 11.5. The second kappa shape index (κ2) is 10.3. The number of amides is 1. The molecule has 0 unspecified atom stereocenters. The van der Waals surface area contributed by atoms with Crippen LogP contribution in [0.25, 0.3) is 0 Å². The number of carbonyl (C=O) groups is 3. The molecular weight excluding hydrogens is 507 g/mol. The van der Waals surface area contributed by atoms with Gasteiger partial charge in [-0.2, -0.15) is 21.6 Å². The third-order valence-electron chi connectivity index (χ3n) is 5.77. The van der Waals surface area contributed by atoms with Crippen molar-refractivity contribution in [2.45, 2.75) is 76.4 Å². The van der Waals surface area contributed by atoms with Crippen molar-refractivity contribution in [3.63, 3.8) is 0 Å². The molecule has 1 aromatic rings. The zero-order valence-corrected chi connectivity index (χ0v) is 21.0. The van der Waals surface area contributed by atoms with Crippen molar-refractivity contribution in [3.8, 4) is 5.75 Å². The van der Waals surface area contributed by atoms with E-state index < -0.39 is 57.5 Å². The number of rotatable bonds is 6. The molecule has 3 rings (SSSR count). The molecule has 1 heterocycles. The van der Waals surface area contributed by atoms with Crippen molar-refractivity contribution < 1.29 is 49.6 Å². The number of nitrogens with zero attached hydrogens (tertiary/aromatic N) is 1. The highest BCUT2D eigenvalue weighted by Crippen LogP contribution is 2.36. The molecule has 2 aliphatic rings. The molecule has 0 bridgehead atoms. The van der Waals surface area contributed by atoms with Crippen LogP contribution in [0.15, 0.2) is 12.1 Å². The first-order chi connectivity index (χ1) is 16.6. The van der Waals surface area contributed by atoms with Crippen LogP contribution in [0.2, 0.25) is 0 Å². The Kier molecular flexibility index (Phi) is 7.92. The highest BCUT2D eigenvalue weighted by atomic mass is 32.2. The zero-order chi connectivity index (χ0) is 26.9. The van der Waals surface area contributed by atoms with E-state index in [4.69, 9.17) is 9.47 Å². The van der Waals surface area contributed by atoms with Crippen LogP contribution in [0, 0.1) is 0 Å². The summed E-state index contributed by atoms with van der Waals surface area (Å²) < 4.78 is 76.1. The van der Waals surface area contributed by atoms with E-state index in [2.05, 4.69) is 4.18 Å². The lowest BCUT2D eigenvalue weighted by Crippen LogP contribution is -2.44. The number of esters is 1. The lowest BCUT2D eigenvalue weighted by Gasteiger charge is -2.27. The number of alkyl halides is 3. The maximum atomic E-state index is 12.9. The third kappa shape index (κ3) is 6.29. The summed E-state index contributed by atoms with van der Waals surface area (Å²) in [5.41, 5.74) is -5.65. The Balaban J connectivity index is 1.73. The number of carbonyl (C=O) groups excluding carboxylic acids is 3. The molecule has 9 nitrogen and oxygen atoms in total. The molecule has 1 aliphatic carbocycles. The molecule has 1 fully saturated rings. The Morgan fingerprint density at radius 3 is 2.28 bits per heavy atom. The third-order valence-corrected chi connectivity index (χ3v) is 6.74. The molecule has 13 heteroatoms. The molecule has 1 saturated heterocycles. The van der Waals surface area contributed by atoms with Gasteiger partial charge in [0.05, 0.1) is 0 Å². The van der Waals surface area contributed by atoms with Crippen molar-refractivity contribution in [1.82, 2.24) is 4.90 Å². The quantitative estimate of drug-likeness (QED) is 0.233. The fraction of sp³-hybridized carbons (Fsp3) is 0.609. The molecule has 200 valence electrons. The number of fused-ring (bicyclic) bond motifs is 1. The van der Waals surface area contributed by atoms with Gasteiger partial charge >= 0.3 is 27.7 Å². The highest BCUT2D eigenvalue weighted by Gasteiger charge is 2.49. The minimum absolute atomic E-state index is 0.115. The van der Waals surface area contributed by atoms with Crippen LogP contribution in [-0.4, -0.2) is 61.5 Å². The minimum atomic E-state index is -5.87. The Morgan fingerprint density at radius 1 is 1.03 bits per heavy atom. The average Bonchev–Trinajstić information content (AvgIpc) is 3.26. The molecule has 0 spiro atoms.